The molecule has 8 nitrogen and oxygen atoms in total. The van der Waals surface area contributed by atoms with Gasteiger partial charge in [0.1, 0.15) is 5.60 Å². The molecule has 0 saturated heterocycles. The van der Waals surface area contributed by atoms with Crippen LogP contribution >= 0.6 is 0 Å². The molecule has 0 aromatic carbocycles. The molecule has 4 rings (SSSR count). The summed E-state index contributed by atoms with van der Waals surface area (Å²) in [5.74, 6) is -0.724. The maximum atomic E-state index is 12.1. The third-order valence-corrected chi connectivity index (χ3v) is 8.09. The van der Waals surface area contributed by atoms with Crippen molar-refractivity contribution in [3.05, 3.63) is 0 Å². The minimum Gasteiger partial charge on any atom is -0.478 e. The van der Waals surface area contributed by atoms with E-state index in [4.69, 9.17) is 19.7 Å². The van der Waals surface area contributed by atoms with Gasteiger partial charge in [-0.3, -0.25) is 9.59 Å². The second kappa shape index (κ2) is 11.4. The summed E-state index contributed by atoms with van der Waals surface area (Å²) in [6.07, 6.45) is 5.07. The summed E-state index contributed by atoms with van der Waals surface area (Å²) < 4.78 is 10.8. The predicted octanol–water partition coefficient (Wildman–Crippen LogP) is 3.56. The van der Waals surface area contributed by atoms with Crippen molar-refractivity contribution < 1.29 is 39.2 Å². The Bertz CT molecular complexity index is 716. The van der Waals surface area contributed by atoms with Gasteiger partial charge in [-0.15, -0.1) is 0 Å². The van der Waals surface area contributed by atoms with Crippen LogP contribution in [0, 0.1) is 35.0 Å². The first kappa shape index (κ1) is 28.6. The summed E-state index contributed by atoms with van der Waals surface area (Å²) in [5, 5.41) is 28.2. The number of aliphatic carboxylic acids is 1. The lowest BCUT2D eigenvalue weighted by atomic mass is 9.53. The molecule has 8 heteroatoms. The highest BCUT2D eigenvalue weighted by Gasteiger charge is 2.57. The first-order valence-electron chi connectivity index (χ1n) is 12.7. The van der Waals surface area contributed by atoms with Gasteiger partial charge in [0.2, 0.25) is 6.10 Å². The van der Waals surface area contributed by atoms with Gasteiger partial charge in [-0.2, -0.15) is 0 Å². The van der Waals surface area contributed by atoms with Crippen LogP contribution in [0.1, 0.15) is 86.5 Å². The zero-order valence-corrected chi connectivity index (χ0v) is 21.6. The van der Waals surface area contributed by atoms with Gasteiger partial charge in [0.25, 0.3) is 0 Å². The number of aliphatic hydroxyl groups is 2. The number of rotatable bonds is 9. The molecule has 0 aromatic heterocycles. The van der Waals surface area contributed by atoms with Crippen LogP contribution in [0.4, 0.5) is 0 Å². The van der Waals surface area contributed by atoms with E-state index in [1.165, 1.54) is 13.8 Å². The normalized spacial score (nSPS) is 32.1. The van der Waals surface area contributed by atoms with Gasteiger partial charge in [-0.1, -0.05) is 41.5 Å². The van der Waals surface area contributed by atoms with Crippen LogP contribution in [-0.2, 0) is 23.9 Å². The molecule has 0 aromatic rings. The second-order valence-electron chi connectivity index (χ2n) is 11.5. The van der Waals surface area contributed by atoms with Gasteiger partial charge in [-0.05, 0) is 62.7 Å². The quantitative estimate of drug-likeness (QED) is 0.424. The van der Waals surface area contributed by atoms with Crippen LogP contribution in [0.15, 0.2) is 0 Å². The number of hydrogen-bond donors (Lipinski definition) is 3. The van der Waals surface area contributed by atoms with Crippen molar-refractivity contribution in [3.63, 3.8) is 0 Å². The number of ether oxygens (including phenoxy) is 2. The largest absolute Gasteiger partial charge is 0.478 e. The smallest absolute Gasteiger partial charge is 0.345 e. The van der Waals surface area contributed by atoms with E-state index >= 15 is 0 Å². The lowest BCUT2D eigenvalue weighted by molar-refractivity contribution is -0.209. The van der Waals surface area contributed by atoms with Gasteiger partial charge < -0.3 is 24.8 Å². The fourth-order valence-corrected chi connectivity index (χ4v) is 5.55. The van der Waals surface area contributed by atoms with Crippen LogP contribution in [0.25, 0.3) is 0 Å². The Labute approximate surface area is 203 Å². The van der Waals surface area contributed by atoms with Crippen molar-refractivity contribution >= 4 is 17.9 Å². The number of carbonyl (C=O) groups is 3. The number of hydrogen-bond acceptors (Lipinski definition) is 7. The van der Waals surface area contributed by atoms with E-state index in [1.807, 2.05) is 20.8 Å². The molecule has 4 bridgehead atoms. The highest BCUT2D eigenvalue weighted by Crippen LogP contribution is 2.57. The lowest BCUT2D eigenvalue weighted by Gasteiger charge is -2.57. The maximum Gasteiger partial charge on any atom is 0.345 e. The summed E-state index contributed by atoms with van der Waals surface area (Å²) in [7, 11) is 0. The van der Waals surface area contributed by atoms with Gasteiger partial charge in [0, 0.05) is 5.41 Å². The predicted molar refractivity (Wildman–Crippen MR) is 126 cm³/mol. The topological polar surface area (TPSA) is 130 Å². The molecule has 196 valence electrons. The van der Waals surface area contributed by atoms with Crippen LogP contribution in [-0.4, -0.2) is 57.6 Å². The average Bonchev–Trinajstić information content (AvgIpc) is 2.78. The Kier molecular flexibility index (Phi) is 9.56. The molecule has 0 heterocycles. The molecule has 4 fully saturated rings. The molecule has 4 saturated carbocycles. The first-order chi connectivity index (χ1) is 15.8. The Balaban J connectivity index is 0.000000243. The van der Waals surface area contributed by atoms with E-state index in [-0.39, 0.29) is 36.1 Å². The lowest BCUT2D eigenvalue weighted by Crippen LogP contribution is -2.58. The van der Waals surface area contributed by atoms with Crippen molar-refractivity contribution in [3.8, 4) is 0 Å². The molecule has 4 aliphatic rings. The monoisotopic (exact) mass is 484 g/mol. The van der Waals surface area contributed by atoms with Crippen molar-refractivity contribution in [2.24, 2.45) is 35.0 Å². The van der Waals surface area contributed by atoms with Crippen LogP contribution in [0.5, 0.6) is 0 Å². The van der Waals surface area contributed by atoms with Crippen molar-refractivity contribution in [2.75, 3.05) is 6.61 Å². The third-order valence-electron chi connectivity index (χ3n) is 8.09. The standard InChI is InChI=1S/C15H24O3.C11H20O5/c1-3-9(2)14(17)18-15-6-10-4-11(7-15)13(16)12(5-10)8-15;1-5-7(2)10(15)16-8(9(13)14)11(3,4)6-12/h9-13,16H,3-8H2,1-2H3;7-8,12H,5-6H2,1-4H3,(H,13,14). The van der Waals surface area contributed by atoms with Gasteiger partial charge in [0.05, 0.1) is 24.5 Å². The maximum absolute atomic E-state index is 12.1. The summed E-state index contributed by atoms with van der Waals surface area (Å²) in [4.78, 5) is 34.5. The molecule has 5 unspecified atom stereocenters. The summed E-state index contributed by atoms with van der Waals surface area (Å²) in [5.41, 5.74) is -1.22. The first-order valence-corrected chi connectivity index (χ1v) is 12.7. The van der Waals surface area contributed by atoms with Crippen LogP contribution in [0.3, 0.4) is 0 Å². The second-order valence-corrected chi connectivity index (χ2v) is 11.5. The van der Waals surface area contributed by atoms with E-state index in [9.17, 15) is 19.5 Å². The number of aliphatic hydroxyl groups excluding tert-OH is 2. The zero-order chi connectivity index (χ0) is 25.8. The molecular weight excluding hydrogens is 440 g/mol. The van der Waals surface area contributed by atoms with Crippen LogP contribution < -0.4 is 0 Å². The molecule has 0 amide bonds. The van der Waals surface area contributed by atoms with E-state index in [1.54, 1.807) is 6.92 Å². The average molecular weight is 485 g/mol. The van der Waals surface area contributed by atoms with Gasteiger partial charge >= 0.3 is 17.9 Å². The van der Waals surface area contributed by atoms with E-state index in [0.717, 1.165) is 38.5 Å². The summed E-state index contributed by atoms with van der Waals surface area (Å²) in [6.45, 7) is 10.2. The number of esters is 2. The number of carboxylic acids is 1. The SMILES string of the molecule is CCC(C)C(=O)OC(C(=O)O)C(C)(C)CO.CCC(C)C(=O)OC12CC3CC(C1)C(O)C(C3)C2. The molecule has 34 heavy (non-hydrogen) atoms. The third kappa shape index (κ3) is 6.51. The van der Waals surface area contributed by atoms with Crippen molar-refractivity contribution in [1.29, 1.82) is 0 Å². The summed E-state index contributed by atoms with van der Waals surface area (Å²) in [6, 6.07) is 0. The summed E-state index contributed by atoms with van der Waals surface area (Å²) >= 11 is 0. The van der Waals surface area contributed by atoms with E-state index in [0.29, 0.717) is 24.2 Å². The molecule has 5 atom stereocenters. The van der Waals surface area contributed by atoms with Crippen LogP contribution in [0.2, 0.25) is 0 Å². The number of carbonyl (C=O) groups excluding carboxylic acids is 2. The molecule has 3 N–H and O–H groups in total. The highest BCUT2D eigenvalue weighted by molar-refractivity contribution is 5.79. The Morgan fingerprint density at radius 2 is 1.47 bits per heavy atom. The van der Waals surface area contributed by atoms with E-state index < -0.39 is 23.5 Å². The van der Waals surface area contributed by atoms with Gasteiger partial charge in [0.15, 0.2) is 0 Å². The van der Waals surface area contributed by atoms with E-state index in [2.05, 4.69) is 0 Å². The fourth-order valence-electron chi connectivity index (χ4n) is 5.55. The Morgan fingerprint density at radius 3 is 1.91 bits per heavy atom. The zero-order valence-electron chi connectivity index (χ0n) is 21.6. The highest BCUT2D eigenvalue weighted by atomic mass is 16.6. The van der Waals surface area contributed by atoms with Crippen molar-refractivity contribution in [1.82, 2.24) is 0 Å². The Hall–Kier alpha value is -1.67. The molecule has 0 aliphatic heterocycles. The van der Waals surface area contributed by atoms with Crippen molar-refractivity contribution in [2.45, 2.75) is 104 Å². The minimum atomic E-state index is -1.32. The molecule has 0 spiro atoms. The Morgan fingerprint density at radius 1 is 0.971 bits per heavy atom. The van der Waals surface area contributed by atoms with Gasteiger partial charge in [-0.25, -0.2) is 4.79 Å². The molecule has 4 aliphatic carbocycles. The number of carboxylic acid groups (broad SMARTS) is 1. The molecule has 0 radical (unpaired) electrons. The molecular formula is C26H44O8. The fraction of sp³-hybridized carbons (Fsp3) is 0.885. The minimum absolute atomic E-state index is 0.00271.